The summed E-state index contributed by atoms with van der Waals surface area (Å²) in [7, 11) is 0. The van der Waals surface area contributed by atoms with Gasteiger partial charge < -0.3 is 10.2 Å². The number of aromatic nitrogens is 2. The topological polar surface area (TPSA) is 67.2 Å². The Morgan fingerprint density at radius 3 is 2.25 bits per heavy atom. The Kier molecular flexibility index (Phi) is 7.59. The number of hydrogen-bond acceptors (Lipinski definition) is 3. The summed E-state index contributed by atoms with van der Waals surface area (Å²) in [6.45, 7) is 20.7. The van der Waals surface area contributed by atoms with E-state index in [0.29, 0.717) is 12.4 Å². The molecule has 1 aromatic heterocycles. The van der Waals surface area contributed by atoms with Crippen LogP contribution >= 0.6 is 0 Å². The van der Waals surface area contributed by atoms with Gasteiger partial charge in [0.25, 0.3) is 0 Å². The van der Waals surface area contributed by atoms with Crippen molar-refractivity contribution in [2.45, 2.75) is 74.7 Å². The highest BCUT2D eigenvalue weighted by atomic mass is 16.2. The molecule has 0 spiro atoms. The Morgan fingerprint density at radius 2 is 1.72 bits per heavy atom. The normalized spacial score (nSPS) is 12.2. The zero-order valence-corrected chi connectivity index (χ0v) is 21.5. The molecule has 176 valence electrons. The van der Waals surface area contributed by atoms with Gasteiger partial charge in [0.15, 0.2) is 0 Å². The van der Waals surface area contributed by atoms with E-state index < -0.39 is 5.41 Å². The van der Waals surface area contributed by atoms with Crippen LogP contribution in [-0.4, -0.2) is 39.6 Å². The van der Waals surface area contributed by atoms with Gasteiger partial charge in [-0.3, -0.25) is 9.59 Å². The molecule has 2 amide bonds. The quantitative estimate of drug-likeness (QED) is 0.666. The predicted octanol–water partition coefficient (Wildman–Crippen LogP) is 5.26. The lowest BCUT2D eigenvalue weighted by Gasteiger charge is -2.30. The van der Waals surface area contributed by atoms with Gasteiger partial charge in [0.05, 0.1) is 17.9 Å². The van der Waals surface area contributed by atoms with E-state index in [0.717, 1.165) is 22.5 Å². The third-order valence-corrected chi connectivity index (χ3v) is 5.40. The Labute approximate surface area is 193 Å². The van der Waals surface area contributed by atoms with Crippen LogP contribution in [0.1, 0.15) is 72.2 Å². The maximum absolute atomic E-state index is 13.1. The molecule has 6 nitrogen and oxygen atoms in total. The van der Waals surface area contributed by atoms with Gasteiger partial charge in [-0.2, -0.15) is 5.10 Å². The van der Waals surface area contributed by atoms with Crippen molar-refractivity contribution in [3.05, 3.63) is 41.1 Å². The summed E-state index contributed by atoms with van der Waals surface area (Å²) in [5, 5.41) is 7.86. The molecule has 1 N–H and O–H groups in total. The number of rotatable bonds is 6. The Morgan fingerprint density at radius 1 is 1.09 bits per heavy atom. The monoisotopic (exact) mass is 440 g/mol. The van der Waals surface area contributed by atoms with E-state index >= 15 is 0 Å². The number of nitrogens with one attached hydrogen (secondary N) is 1. The second-order valence-corrected chi connectivity index (χ2v) is 11.2. The number of nitrogens with zero attached hydrogens (tertiary/aromatic N) is 3. The van der Waals surface area contributed by atoms with Crippen LogP contribution in [0.4, 0.5) is 5.82 Å². The molecule has 0 saturated heterocycles. The Bertz CT molecular complexity index is 975. The van der Waals surface area contributed by atoms with Crippen LogP contribution in [0.3, 0.4) is 0 Å². The van der Waals surface area contributed by atoms with Gasteiger partial charge in [-0.05, 0) is 37.0 Å². The molecule has 2 rings (SSSR count). The largest absolute Gasteiger partial charge is 0.333 e. The second kappa shape index (κ2) is 9.47. The fourth-order valence-corrected chi connectivity index (χ4v) is 3.48. The van der Waals surface area contributed by atoms with Crippen LogP contribution in [-0.2, 0) is 15.0 Å². The molecule has 0 aliphatic carbocycles. The molecule has 0 fully saturated rings. The minimum atomic E-state index is -0.547. The molecule has 0 aliphatic heterocycles. The van der Waals surface area contributed by atoms with E-state index in [2.05, 4.69) is 46.0 Å². The van der Waals surface area contributed by atoms with Crippen molar-refractivity contribution in [1.29, 1.82) is 0 Å². The predicted molar refractivity (Wildman–Crippen MR) is 131 cm³/mol. The minimum Gasteiger partial charge on any atom is -0.333 e. The van der Waals surface area contributed by atoms with Crippen LogP contribution in [0.25, 0.3) is 5.69 Å². The molecule has 0 unspecified atom stereocenters. The van der Waals surface area contributed by atoms with Gasteiger partial charge in [0.1, 0.15) is 5.82 Å². The van der Waals surface area contributed by atoms with Crippen LogP contribution in [0.5, 0.6) is 0 Å². The summed E-state index contributed by atoms with van der Waals surface area (Å²) in [6.07, 6.45) is 0. The first kappa shape index (κ1) is 25.6. The second-order valence-electron chi connectivity index (χ2n) is 11.2. The van der Waals surface area contributed by atoms with Gasteiger partial charge in [-0.25, -0.2) is 4.68 Å². The maximum atomic E-state index is 13.1. The van der Waals surface area contributed by atoms with Gasteiger partial charge in [-0.15, -0.1) is 0 Å². The molecule has 32 heavy (non-hydrogen) atoms. The average Bonchev–Trinajstić information content (AvgIpc) is 3.05. The summed E-state index contributed by atoms with van der Waals surface area (Å²) in [6, 6.07) is 7.99. The lowest BCUT2D eigenvalue weighted by atomic mass is 9.92. The number of aryl methyl sites for hydroxylation is 1. The fourth-order valence-electron chi connectivity index (χ4n) is 3.48. The third-order valence-electron chi connectivity index (χ3n) is 5.40. The standard InChI is InChI=1S/C26H40N4O2/c1-17(2)15-29(24(32)26(8,9)10)16-23(31)27-22-14-21(25(5,6)7)28-30(22)20-13-11-12-18(3)19(20)4/h11-14,17H,15-16H2,1-10H3,(H,27,31). The van der Waals surface area contributed by atoms with Crippen molar-refractivity contribution in [1.82, 2.24) is 14.7 Å². The summed E-state index contributed by atoms with van der Waals surface area (Å²) in [4.78, 5) is 27.7. The highest BCUT2D eigenvalue weighted by Gasteiger charge is 2.29. The zero-order chi connectivity index (χ0) is 24.4. The highest BCUT2D eigenvalue weighted by molar-refractivity contribution is 5.95. The molecule has 2 aromatic rings. The van der Waals surface area contributed by atoms with E-state index in [-0.39, 0.29) is 29.7 Å². The van der Waals surface area contributed by atoms with Gasteiger partial charge >= 0.3 is 0 Å². The smallest absolute Gasteiger partial charge is 0.245 e. The molecular formula is C26H40N4O2. The molecule has 0 bridgehead atoms. The van der Waals surface area contributed by atoms with Crippen molar-refractivity contribution in [2.75, 3.05) is 18.4 Å². The molecule has 0 atom stereocenters. The summed E-state index contributed by atoms with van der Waals surface area (Å²) in [5.41, 5.74) is 3.37. The van der Waals surface area contributed by atoms with E-state index in [1.807, 2.05) is 52.8 Å². The summed E-state index contributed by atoms with van der Waals surface area (Å²) < 4.78 is 1.80. The number of hydrogen-bond donors (Lipinski definition) is 1. The molecule has 0 aliphatic rings. The highest BCUT2D eigenvalue weighted by Crippen LogP contribution is 2.28. The van der Waals surface area contributed by atoms with Crippen molar-refractivity contribution in [3.63, 3.8) is 0 Å². The fraction of sp³-hybridized carbons (Fsp3) is 0.577. The lowest BCUT2D eigenvalue weighted by Crippen LogP contribution is -2.45. The maximum Gasteiger partial charge on any atom is 0.245 e. The SMILES string of the molecule is Cc1cccc(-n2nc(C(C)(C)C)cc2NC(=O)CN(CC(C)C)C(=O)C(C)(C)C)c1C. The van der Waals surface area contributed by atoms with Crippen LogP contribution < -0.4 is 5.32 Å². The Hall–Kier alpha value is -2.63. The minimum absolute atomic E-state index is 0.0110. The number of anilines is 1. The van der Waals surface area contributed by atoms with Crippen LogP contribution in [0.15, 0.2) is 24.3 Å². The first-order chi connectivity index (χ1) is 14.6. The van der Waals surface area contributed by atoms with Crippen LogP contribution in [0.2, 0.25) is 0 Å². The van der Waals surface area contributed by atoms with Gasteiger partial charge in [0, 0.05) is 23.4 Å². The lowest BCUT2D eigenvalue weighted by molar-refractivity contribution is -0.142. The average molecular weight is 441 g/mol. The molecule has 1 heterocycles. The molecular weight excluding hydrogens is 400 g/mol. The van der Waals surface area contributed by atoms with Crippen LogP contribution in [0, 0.1) is 25.2 Å². The van der Waals surface area contributed by atoms with E-state index in [9.17, 15) is 9.59 Å². The van der Waals surface area contributed by atoms with Gasteiger partial charge in [-0.1, -0.05) is 67.5 Å². The summed E-state index contributed by atoms with van der Waals surface area (Å²) >= 11 is 0. The van der Waals surface area contributed by atoms with E-state index in [1.165, 1.54) is 0 Å². The summed E-state index contributed by atoms with van der Waals surface area (Å²) in [5.74, 6) is 0.623. The van der Waals surface area contributed by atoms with Crippen molar-refractivity contribution < 1.29 is 9.59 Å². The number of benzene rings is 1. The molecule has 6 heteroatoms. The van der Waals surface area contributed by atoms with Crippen molar-refractivity contribution in [2.24, 2.45) is 11.3 Å². The molecule has 0 radical (unpaired) electrons. The van der Waals surface area contributed by atoms with E-state index in [4.69, 9.17) is 5.10 Å². The number of carbonyl (C=O) groups excluding carboxylic acids is 2. The zero-order valence-electron chi connectivity index (χ0n) is 21.5. The first-order valence-electron chi connectivity index (χ1n) is 11.4. The third kappa shape index (κ3) is 6.21. The van der Waals surface area contributed by atoms with E-state index in [1.54, 1.807) is 9.58 Å². The number of amides is 2. The molecule has 0 saturated carbocycles. The van der Waals surface area contributed by atoms with Gasteiger partial charge in [0.2, 0.25) is 11.8 Å². The molecule has 1 aromatic carbocycles. The first-order valence-corrected chi connectivity index (χ1v) is 11.4. The Balaban J connectivity index is 2.40. The number of carbonyl (C=O) groups is 2. The van der Waals surface area contributed by atoms with Crippen molar-refractivity contribution in [3.8, 4) is 5.69 Å². The van der Waals surface area contributed by atoms with Crippen molar-refractivity contribution >= 4 is 17.6 Å².